The van der Waals surface area contributed by atoms with Crippen LogP contribution >= 0.6 is 0 Å². The third-order valence-electron chi connectivity index (χ3n) is 3.49. The number of rotatable bonds is 5. The summed E-state index contributed by atoms with van der Waals surface area (Å²) in [6.07, 6.45) is 2.89. The Morgan fingerprint density at radius 1 is 1.37 bits per heavy atom. The summed E-state index contributed by atoms with van der Waals surface area (Å²) in [6.45, 7) is 3.71. The number of benzene rings is 1. The monoisotopic (exact) mass is 259 g/mol. The van der Waals surface area contributed by atoms with Gasteiger partial charge in [-0.2, -0.15) is 0 Å². The lowest BCUT2D eigenvalue weighted by molar-refractivity contribution is -0.130. The van der Waals surface area contributed by atoms with Crippen molar-refractivity contribution in [3.8, 4) is 0 Å². The number of hydrogen-bond donors (Lipinski definition) is 1. The minimum Gasteiger partial charge on any atom is -0.344 e. The Labute approximate surface area is 113 Å². The molecule has 0 fully saturated rings. The van der Waals surface area contributed by atoms with Crippen LogP contribution in [0.4, 0.5) is 0 Å². The van der Waals surface area contributed by atoms with Crippen molar-refractivity contribution in [1.29, 1.82) is 0 Å². The number of amides is 1. The van der Waals surface area contributed by atoms with Gasteiger partial charge in [-0.25, -0.2) is 0 Å². The highest BCUT2D eigenvalue weighted by molar-refractivity contribution is 5.86. The molecule has 102 valence electrons. The van der Waals surface area contributed by atoms with E-state index < -0.39 is 0 Å². The van der Waals surface area contributed by atoms with E-state index in [-0.39, 0.29) is 5.91 Å². The van der Waals surface area contributed by atoms with E-state index in [2.05, 4.69) is 18.3 Å². The SMILES string of the molecule is CCN(C)C(=O)Cn1cc(CCN)c2ccccc21. The van der Waals surface area contributed by atoms with E-state index in [1.165, 1.54) is 10.9 Å². The van der Waals surface area contributed by atoms with Crippen LogP contribution in [0, 0.1) is 0 Å². The van der Waals surface area contributed by atoms with Crippen LogP contribution in [-0.4, -0.2) is 35.5 Å². The van der Waals surface area contributed by atoms with Gasteiger partial charge >= 0.3 is 0 Å². The van der Waals surface area contributed by atoms with Crippen LogP contribution in [0.1, 0.15) is 12.5 Å². The summed E-state index contributed by atoms with van der Waals surface area (Å²) in [6, 6.07) is 8.16. The Morgan fingerprint density at radius 3 is 2.79 bits per heavy atom. The van der Waals surface area contributed by atoms with E-state index in [9.17, 15) is 4.79 Å². The number of carbonyl (C=O) groups is 1. The molecule has 1 aromatic carbocycles. The van der Waals surface area contributed by atoms with Gasteiger partial charge in [-0.3, -0.25) is 4.79 Å². The Balaban J connectivity index is 2.35. The predicted octanol–water partition coefficient (Wildman–Crippen LogP) is 1.62. The van der Waals surface area contributed by atoms with Crippen molar-refractivity contribution >= 4 is 16.8 Å². The average Bonchev–Trinajstić information content (AvgIpc) is 2.77. The molecule has 2 aromatic rings. The maximum atomic E-state index is 12.0. The molecule has 1 heterocycles. The molecule has 1 aromatic heterocycles. The molecule has 0 radical (unpaired) electrons. The molecular formula is C15H21N3O. The maximum Gasteiger partial charge on any atom is 0.242 e. The van der Waals surface area contributed by atoms with E-state index in [1.54, 1.807) is 4.90 Å². The second-order valence-corrected chi connectivity index (χ2v) is 4.75. The summed E-state index contributed by atoms with van der Waals surface area (Å²) in [7, 11) is 1.83. The van der Waals surface area contributed by atoms with Crippen LogP contribution in [0.5, 0.6) is 0 Å². The second-order valence-electron chi connectivity index (χ2n) is 4.75. The van der Waals surface area contributed by atoms with E-state index in [4.69, 9.17) is 5.73 Å². The number of aromatic nitrogens is 1. The van der Waals surface area contributed by atoms with Gasteiger partial charge in [0, 0.05) is 30.7 Å². The third kappa shape index (κ3) is 2.79. The normalized spacial score (nSPS) is 10.9. The highest BCUT2D eigenvalue weighted by Gasteiger charge is 2.12. The zero-order chi connectivity index (χ0) is 13.8. The molecule has 0 saturated carbocycles. The molecule has 2 rings (SSSR count). The molecule has 2 N–H and O–H groups in total. The number of likely N-dealkylation sites (N-methyl/N-ethyl adjacent to an activating group) is 1. The van der Waals surface area contributed by atoms with E-state index in [0.29, 0.717) is 13.1 Å². The third-order valence-corrected chi connectivity index (χ3v) is 3.49. The Hall–Kier alpha value is -1.81. The molecule has 0 bridgehead atoms. The summed E-state index contributed by atoms with van der Waals surface area (Å²) in [5, 5.41) is 1.19. The molecule has 0 saturated heterocycles. The highest BCUT2D eigenvalue weighted by atomic mass is 16.2. The van der Waals surface area contributed by atoms with Gasteiger partial charge in [-0.05, 0) is 31.5 Å². The van der Waals surface area contributed by atoms with Crippen LogP contribution in [0.15, 0.2) is 30.5 Å². The minimum absolute atomic E-state index is 0.127. The summed E-state index contributed by atoms with van der Waals surface area (Å²) < 4.78 is 2.02. The van der Waals surface area contributed by atoms with Crippen molar-refractivity contribution in [2.45, 2.75) is 19.9 Å². The van der Waals surface area contributed by atoms with E-state index in [0.717, 1.165) is 18.5 Å². The first-order chi connectivity index (χ1) is 9.17. The molecule has 0 aliphatic rings. The zero-order valence-electron chi connectivity index (χ0n) is 11.6. The van der Waals surface area contributed by atoms with Gasteiger partial charge in [0.05, 0.1) is 0 Å². The molecule has 4 heteroatoms. The molecule has 1 amide bonds. The van der Waals surface area contributed by atoms with Gasteiger partial charge < -0.3 is 15.2 Å². The summed E-state index contributed by atoms with van der Waals surface area (Å²) in [5.41, 5.74) is 7.96. The Bertz CT molecular complexity index is 574. The van der Waals surface area contributed by atoms with Crippen molar-refractivity contribution in [3.05, 3.63) is 36.0 Å². The van der Waals surface area contributed by atoms with Crippen molar-refractivity contribution < 1.29 is 4.79 Å². The fraction of sp³-hybridized carbons (Fsp3) is 0.400. The van der Waals surface area contributed by atoms with E-state index >= 15 is 0 Å². The van der Waals surface area contributed by atoms with Crippen molar-refractivity contribution in [2.75, 3.05) is 20.1 Å². The molecular weight excluding hydrogens is 238 g/mol. The first kappa shape index (κ1) is 13.6. The molecule has 19 heavy (non-hydrogen) atoms. The average molecular weight is 259 g/mol. The molecule has 0 spiro atoms. The standard InChI is InChI=1S/C15H21N3O/c1-3-17(2)15(19)11-18-10-12(8-9-16)13-6-4-5-7-14(13)18/h4-7,10H,3,8-9,11,16H2,1-2H3. The number of carbonyl (C=O) groups excluding carboxylic acids is 1. The smallest absolute Gasteiger partial charge is 0.242 e. The van der Waals surface area contributed by atoms with Crippen molar-refractivity contribution in [2.24, 2.45) is 5.73 Å². The van der Waals surface area contributed by atoms with E-state index in [1.807, 2.05) is 30.7 Å². The summed E-state index contributed by atoms with van der Waals surface area (Å²) in [5.74, 6) is 0.127. The molecule has 0 atom stereocenters. The van der Waals surface area contributed by atoms with Crippen LogP contribution in [-0.2, 0) is 17.8 Å². The predicted molar refractivity (Wildman–Crippen MR) is 78.0 cm³/mol. The fourth-order valence-electron chi connectivity index (χ4n) is 2.25. The lowest BCUT2D eigenvalue weighted by Gasteiger charge is -2.15. The minimum atomic E-state index is 0.127. The lowest BCUT2D eigenvalue weighted by atomic mass is 10.1. The first-order valence-corrected chi connectivity index (χ1v) is 6.68. The topological polar surface area (TPSA) is 51.3 Å². The van der Waals surface area contributed by atoms with Gasteiger partial charge in [0.2, 0.25) is 5.91 Å². The van der Waals surface area contributed by atoms with Gasteiger partial charge in [-0.1, -0.05) is 18.2 Å². The van der Waals surface area contributed by atoms with Crippen LogP contribution < -0.4 is 5.73 Å². The molecule has 4 nitrogen and oxygen atoms in total. The second kappa shape index (κ2) is 5.89. The first-order valence-electron chi connectivity index (χ1n) is 6.68. The van der Waals surface area contributed by atoms with Gasteiger partial charge in [0.15, 0.2) is 0 Å². The number of nitrogens with two attached hydrogens (primary N) is 1. The fourth-order valence-corrected chi connectivity index (χ4v) is 2.25. The molecule has 0 aliphatic heterocycles. The van der Waals surface area contributed by atoms with Gasteiger partial charge in [0.1, 0.15) is 6.54 Å². The number of fused-ring (bicyclic) bond motifs is 1. The lowest BCUT2D eigenvalue weighted by Crippen LogP contribution is -2.29. The number of nitrogens with zero attached hydrogens (tertiary/aromatic N) is 2. The van der Waals surface area contributed by atoms with Crippen LogP contribution in [0.25, 0.3) is 10.9 Å². The highest BCUT2D eigenvalue weighted by Crippen LogP contribution is 2.21. The quantitative estimate of drug-likeness (QED) is 0.887. The molecule has 0 unspecified atom stereocenters. The van der Waals surface area contributed by atoms with Crippen LogP contribution in [0.2, 0.25) is 0 Å². The molecule has 0 aliphatic carbocycles. The Morgan fingerprint density at radius 2 is 2.11 bits per heavy atom. The van der Waals surface area contributed by atoms with Crippen molar-refractivity contribution in [1.82, 2.24) is 9.47 Å². The zero-order valence-corrected chi connectivity index (χ0v) is 11.6. The van der Waals surface area contributed by atoms with Gasteiger partial charge in [0.25, 0.3) is 0 Å². The van der Waals surface area contributed by atoms with Gasteiger partial charge in [-0.15, -0.1) is 0 Å². The number of para-hydroxylation sites is 1. The Kier molecular flexibility index (Phi) is 4.22. The largest absolute Gasteiger partial charge is 0.344 e. The maximum absolute atomic E-state index is 12.0. The summed E-state index contributed by atoms with van der Waals surface area (Å²) >= 11 is 0. The van der Waals surface area contributed by atoms with Crippen LogP contribution in [0.3, 0.4) is 0 Å². The van der Waals surface area contributed by atoms with Crippen molar-refractivity contribution in [3.63, 3.8) is 0 Å². The number of hydrogen-bond acceptors (Lipinski definition) is 2. The summed E-state index contributed by atoms with van der Waals surface area (Å²) in [4.78, 5) is 13.8.